The van der Waals surface area contributed by atoms with Gasteiger partial charge < -0.3 is 14.8 Å². The van der Waals surface area contributed by atoms with Gasteiger partial charge in [-0.1, -0.05) is 11.3 Å². The van der Waals surface area contributed by atoms with Crippen molar-refractivity contribution < 1.29 is 18.3 Å². The van der Waals surface area contributed by atoms with Gasteiger partial charge in [-0.25, -0.2) is 4.68 Å². The molecule has 114 valence electrons. The van der Waals surface area contributed by atoms with E-state index in [1.165, 1.54) is 13.2 Å². The number of alkyl halides is 2. The van der Waals surface area contributed by atoms with Gasteiger partial charge in [-0.15, -0.1) is 5.10 Å². The van der Waals surface area contributed by atoms with E-state index in [9.17, 15) is 8.78 Å². The largest absolute Gasteiger partial charge is 0.493 e. The first-order valence-corrected chi connectivity index (χ1v) is 6.27. The van der Waals surface area contributed by atoms with E-state index in [0.717, 1.165) is 11.3 Å². The molecule has 0 amide bonds. The number of benzene rings is 1. The highest BCUT2D eigenvalue weighted by Crippen LogP contribution is 2.29. The molecule has 21 heavy (non-hydrogen) atoms. The van der Waals surface area contributed by atoms with E-state index in [1.54, 1.807) is 16.8 Å². The molecule has 0 aliphatic heterocycles. The second kappa shape index (κ2) is 6.98. The van der Waals surface area contributed by atoms with Crippen LogP contribution in [0.2, 0.25) is 0 Å². The number of ether oxygens (including phenoxy) is 2. The van der Waals surface area contributed by atoms with Gasteiger partial charge in [0.1, 0.15) is 0 Å². The molecule has 1 N–H and O–H groups in total. The molecule has 1 aromatic carbocycles. The molecule has 0 aliphatic rings. The maximum Gasteiger partial charge on any atom is 0.387 e. The summed E-state index contributed by atoms with van der Waals surface area (Å²) in [5.41, 5.74) is 1.66. The summed E-state index contributed by atoms with van der Waals surface area (Å²) in [5.74, 6) is 0.258. The Morgan fingerprint density at radius 3 is 2.81 bits per heavy atom. The van der Waals surface area contributed by atoms with Crippen LogP contribution in [0.25, 0.3) is 0 Å². The zero-order chi connectivity index (χ0) is 15.2. The molecule has 0 fully saturated rings. The Hall–Kier alpha value is -2.22. The van der Waals surface area contributed by atoms with Crippen molar-refractivity contribution in [3.63, 3.8) is 0 Å². The van der Waals surface area contributed by atoms with E-state index < -0.39 is 6.61 Å². The Kier molecular flexibility index (Phi) is 5.04. The van der Waals surface area contributed by atoms with Crippen molar-refractivity contribution in [2.24, 2.45) is 0 Å². The molecule has 6 nitrogen and oxygen atoms in total. The molecule has 0 unspecified atom stereocenters. The van der Waals surface area contributed by atoms with Crippen molar-refractivity contribution in [1.29, 1.82) is 0 Å². The third-order valence-corrected chi connectivity index (χ3v) is 2.73. The molecule has 8 heteroatoms. The standard InChI is InChI=1S/C13H16F2N4O2/c1-16-6-10-8-19(18-17-10)7-9-3-4-11(21-13(14)15)12(5-9)20-2/h3-5,8,13,16H,6-7H2,1-2H3. The van der Waals surface area contributed by atoms with E-state index in [0.29, 0.717) is 13.1 Å². The third-order valence-electron chi connectivity index (χ3n) is 2.73. The molecule has 1 heterocycles. The lowest BCUT2D eigenvalue weighted by Crippen LogP contribution is -2.05. The molecular weight excluding hydrogens is 282 g/mol. The first-order valence-electron chi connectivity index (χ1n) is 6.27. The summed E-state index contributed by atoms with van der Waals surface area (Å²) in [5, 5.41) is 11.0. The number of nitrogens with zero attached hydrogens (tertiary/aromatic N) is 3. The maximum absolute atomic E-state index is 12.3. The fourth-order valence-electron chi connectivity index (χ4n) is 1.87. The van der Waals surface area contributed by atoms with Crippen molar-refractivity contribution in [1.82, 2.24) is 20.3 Å². The Labute approximate surface area is 120 Å². The van der Waals surface area contributed by atoms with Crippen LogP contribution in [0.4, 0.5) is 8.78 Å². The van der Waals surface area contributed by atoms with Crippen LogP contribution < -0.4 is 14.8 Å². The van der Waals surface area contributed by atoms with E-state index in [1.807, 2.05) is 13.2 Å². The number of halogens is 2. The van der Waals surface area contributed by atoms with Crippen LogP contribution >= 0.6 is 0 Å². The fraction of sp³-hybridized carbons (Fsp3) is 0.385. The topological polar surface area (TPSA) is 61.2 Å². The quantitative estimate of drug-likeness (QED) is 0.842. The summed E-state index contributed by atoms with van der Waals surface area (Å²) >= 11 is 0. The molecular formula is C13H16F2N4O2. The fourth-order valence-corrected chi connectivity index (χ4v) is 1.87. The van der Waals surface area contributed by atoms with Crippen molar-refractivity contribution in [3.05, 3.63) is 35.7 Å². The smallest absolute Gasteiger partial charge is 0.387 e. The predicted octanol–water partition coefficient (Wildman–Crippen LogP) is 1.66. The van der Waals surface area contributed by atoms with Gasteiger partial charge >= 0.3 is 6.61 Å². The highest BCUT2D eigenvalue weighted by atomic mass is 19.3. The lowest BCUT2D eigenvalue weighted by molar-refractivity contribution is -0.0512. The molecule has 0 spiro atoms. The van der Waals surface area contributed by atoms with Crippen LogP contribution in [0.1, 0.15) is 11.3 Å². The normalized spacial score (nSPS) is 10.9. The van der Waals surface area contributed by atoms with E-state index in [4.69, 9.17) is 4.74 Å². The average molecular weight is 298 g/mol. The van der Waals surface area contributed by atoms with E-state index >= 15 is 0 Å². The summed E-state index contributed by atoms with van der Waals surface area (Å²) in [6.07, 6.45) is 1.81. The van der Waals surface area contributed by atoms with Gasteiger partial charge in [0, 0.05) is 6.54 Å². The number of hydrogen-bond donors (Lipinski definition) is 1. The minimum atomic E-state index is -2.89. The summed E-state index contributed by atoms with van der Waals surface area (Å²) in [4.78, 5) is 0. The molecule has 2 rings (SSSR count). The van der Waals surface area contributed by atoms with Crippen molar-refractivity contribution in [3.8, 4) is 11.5 Å². The zero-order valence-corrected chi connectivity index (χ0v) is 11.7. The first-order chi connectivity index (χ1) is 10.1. The number of nitrogens with one attached hydrogen (secondary N) is 1. The van der Waals surface area contributed by atoms with E-state index in [2.05, 4.69) is 20.4 Å². The minimum absolute atomic E-state index is 0.00529. The van der Waals surface area contributed by atoms with Crippen molar-refractivity contribution in [2.45, 2.75) is 19.7 Å². The van der Waals surface area contributed by atoms with E-state index in [-0.39, 0.29) is 11.5 Å². The molecule has 0 radical (unpaired) electrons. The molecule has 2 aromatic rings. The maximum atomic E-state index is 12.3. The highest BCUT2D eigenvalue weighted by molar-refractivity contribution is 5.43. The van der Waals surface area contributed by atoms with Gasteiger partial charge in [0.2, 0.25) is 0 Å². The van der Waals surface area contributed by atoms with Gasteiger partial charge in [0.25, 0.3) is 0 Å². The average Bonchev–Trinajstić information content (AvgIpc) is 2.87. The predicted molar refractivity (Wildman–Crippen MR) is 71.5 cm³/mol. The number of rotatable bonds is 7. The van der Waals surface area contributed by atoms with Gasteiger partial charge in [-0.05, 0) is 24.7 Å². The van der Waals surface area contributed by atoms with Gasteiger partial charge in [0.15, 0.2) is 11.5 Å². The molecule has 0 saturated carbocycles. The second-order valence-corrected chi connectivity index (χ2v) is 4.30. The molecule has 1 aromatic heterocycles. The van der Waals surface area contributed by atoms with Crippen LogP contribution in [0.5, 0.6) is 11.5 Å². The Bertz CT molecular complexity index is 589. The summed E-state index contributed by atoms with van der Waals surface area (Å²) in [6.45, 7) is -1.80. The number of hydrogen-bond acceptors (Lipinski definition) is 5. The van der Waals surface area contributed by atoms with Gasteiger partial charge in [-0.2, -0.15) is 8.78 Å². The van der Waals surface area contributed by atoms with Crippen molar-refractivity contribution in [2.75, 3.05) is 14.2 Å². The SMILES string of the molecule is CNCc1cn(Cc2ccc(OC(F)F)c(OC)c2)nn1. The first kappa shape index (κ1) is 15.2. The van der Waals surface area contributed by atoms with Crippen LogP contribution in [0, 0.1) is 0 Å². The van der Waals surface area contributed by atoms with Crippen LogP contribution in [0.15, 0.2) is 24.4 Å². The number of methoxy groups -OCH3 is 1. The Balaban J connectivity index is 2.12. The lowest BCUT2D eigenvalue weighted by atomic mass is 10.2. The van der Waals surface area contributed by atoms with Crippen LogP contribution in [-0.2, 0) is 13.1 Å². The summed E-state index contributed by atoms with van der Waals surface area (Å²) < 4.78 is 35.6. The Morgan fingerprint density at radius 2 is 2.14 bits per heavy atom. The zero-order valence-electron chi connectivity index (χ0n) is 11.7. The molecule has 0 atom stereocenters. The second-order valence-electron chi connectivity index (χ2n) is 4.30. The highest BCUT2D eigenvalue weighted by Gasteiger charge is 2.11. The molecule has 0 saturated heterocycles. The Morgan fingerprint density at radius 1 is 1.33 bits per heavy atom. The minimum Gasteiger partial charge on any atom is -0.493 e. The summed E-state index contributed by atoms with van der Waals surface area (Å²) in [7, 11) is 3.23. The molecule has 0 bridgehead atoms. The number of aromatic nitrogens is 3. The van der Waals surface area contributed by atoms with Crippen LogP contribution in [-0.4, -0.2) is 35.8 Å². The molecule has 0 aliphatic carbocycles. The monoisotopic (exact) mass is 298 g/mol. The third kappa shape index (κ3) is 4.12. The summed E-state index contributed by atoms with van der Waals surface area (Å²) in [6, 6.07) is 4.77. The van der Waals surface area contributed by atoms with Crippen molar-refractivity contribution >= 4 is 0 Å². The van der Waals surface area contributed by atoms with Gasteiger partial charge in [0.05, 0.1) is 25.5 Å². The van der Waals surface area contributed by atoms with Crippen LogP contribution in [0.3, 0.4) is 0 Å². The van der Waals surface area contributed by atoms with Gasteiger partial charge in [-0.3, -0.25) is 0 Å². The lowest BCUT2D eigenvalue weighted by Gasteiger charge is -2.11.